The molecular formula is C32H42ClN11O. The van der Waals surface area contributed by atoms with E-state index < -0.39 is 0 Å². The minimum atomic E-state index is -0.188. The standard InChI is InChI=1S/C32H42ClN11O/c1-19-34-12-20(13-35-19)25-16-37-26(17-36-25)44(30(45)39-18-31(2,3)4)22-10-8-21(9-11-22)41-29-38-14-23(32(5,6)7)27(42-29)28-24(33)15-40-43-28/h12-17,21-22H,8-11,18H2,1-7H3,(H,39,45)(H,40,43)(H,38,41,42). The Bertz CT molecular complexity index is 1600. The summed E-state index contributed by atoms with van der Waals surface area (Å²) in [6, 6.07) is -0.0834. The van der Waals surface area contributed by atoms with Crippen molar-refractivity contribution in [2.75, 3.05) is 16.8 Å². The molecule has 2 amide bonds. The third-order valence-electron chi connectivity index (χ3n) is 7.77. The first-order valence-corrected chi connectivity index (χ1v) is 15.7. The fourth-order valence-electron chi connectivity index (χ4n) is 5.29. The van der Waals surface area contributed by atoms with Crippen LogP contribution >= 0.6 is 11.6 Å². The van der Waals surface area contributed by atoms with Gasteiger partial charge in [0.05, 0.1) is 35.0 Å². The van der Waals surface area contributed by atoms with Crippen molar-refractivity contribution >= 4 is 29.4 Å². The molecule has 1 aliphatic carbocycles. The van der Waals surface area contributed by atoms with E-state index in [-0.39, 0.29) is 28.9 Å². The molecule has 238 valence electrons. The van der Waals surface area contributed by atoms with Crippen molar-refractivity contribution in [1.82, 2.24) is 45.4 Å². The molecule has 13 heteroatoms. The lowest BCUT2D eigenvalue weighted by Crippen LogP contribution is -2.50. The number of nitrogens with zero attached hydrogens (tertiary/aromatic N) is 8. The van der Waals surface area contributed by atoms with Gasteiger partial charge in [0.25, 0.3) is 0 Å². The lowest BCUT2D eigenvalue weighted by atomic mass is 9.86. The summed E-state index contributed by atoms with van der Waals surface area (Å²) in [5.41, 5.74) is 3.55. The average molecular weight is 632 g/mol. The molecule has 4 aromatic heterocycles. The van der Waals surface area contributed by atoms with Crippen LogP contribution in [-0.4, -0.2) is 64.8 Å². The first kappa shape index (κ1) is 32.2. The van der Waals surface area contributed by atoms with Crippen LogP contribution in [-0.2, 0) is 5.41 Å². The maximum Gasteiger partial charge on any atom is 0.323 e. The maximum atomic E-state index is 13.6. The van der Waals surface area contributed by atoms with Crippen molar-refractivity contribution in [2.45, 2.75) is 91.6 Å². The molecule has 4 heterocycles. The molecule has 0 atom stereocenters. The number of nitrogens with one attached hydrogen (secondary N) is 3. The highest BCUT2D eigenvalue weighted by molar-refractivity contribution is 6.32. The van der Waals surface area contributed by atoms with Gasteiger partial charge in [0.2, 0.25) is 5.95 Å². The minimum absolute atomic E-state index is 0.0468. The van der Waals surface area contributed by atoms with Gasteiger partial charge >= 0.3 is 6.03 Å². The molecule has 1 aliphatic rings. The minimum Gasteiger partial charge on any atom is -0.351 e. The molecule has 5 rings (SSSR count). The van der Waals surface area contributed by atoms with Gasteiger partial charge in [-0.1, -0.05) is 53.1 Å². The van der Waals surface area contributed by atoms with Crippen molar-refractivity contribution in [2.24, 2.45) is 5.41 Å². The predicted octanol–water partition coefficient (Wildman–Crippen LogP) is 6.36. The molecule has 12 nitrogen and oxygen atoms in total. The smallest absolute Gasteiger partial charge is 0.323 e. The molecule has 0 aromatic carbocycles. The van der Waals surface area contributed by atoms with Crippen molar-refractivity contribution in [3.05, 3.63) is 53.6 Å². The van der Waals surface area contributed by atoms with Crippen LogP contribution in [0.25, 0.3) is 22.6 Å². The predicted molar refractivity (Wildman–Crippen MR) is 176 cm³/mol. The Morgan fingerprint density at radius 2 is 1.64 bits per heavy atom. The second-order valence-electron chi connectivity index (χ2n) is 13.8. The van der Waals surface area contributed by atoms with E-state index in [0.717, 1.165) is 42.5 Å². The van der Waals surface area contributed by atoms with E-state index in [2.05, 4.69) is 87.3 Å². The van der Waals surface area contributed by atoms with Gasteiger partial charge in [-0.25, -0.2) is 29.7 Å². The van der Waals surface area contributed by atoms with E-state index in [4.69, 9.17) is 16.6 Å². The summed E-state index contributed by atoms with van der Waals surface area (Å²) in [6.45, 7) is 15.0. The number of halogens is 1. The number of amides is 2. The van der Waals surface area contributed by atoms with Crippen LogP contribution in [0.3, 0.4) is 0 Å². The van der Waals surface area contributed by atoms with Crippen LogP contribution in [0.15, 0.2) is 37.2 Å². The molecule has 0 radical (unpaired) electrons. The van der Waals surface area contributed by atoms with Gasteiger partial charge in [-0.2, -0.15) is 5.10 Å². The highest BCUT2D eigenvalue weighted by Gasteiger charge is 2.32. The van der Waals surface area contributed by atoms with E-state index in [1.165, 1.54) is 0 Å². The molecule has 45 heavy (non-hydrogen) atoms. The lowest BCUT2D eigenvalue weighted by Gasteiger charge is -2.37. The molecule has 1 saturated carbocycles. The normalized spacial score (nSPS) is 17.2. The van der Waals surface area contributed by atoms with Crippen molar-refractivity contribution in [1.29, 1.82) is 0 Å². The Labute approximate surface area is 269 Å². The summed E-state index contributed by atoms with van der Waals surface area (Å²) in [5, 5.41) is 14.2. The largest absolute Gasteiger partial charge is 0.351 e. The topological polar surface area (TPSA) is 150 Å². The average Bonchev–Trinajstić information content (AvgIpc) is 3.42. The van der Waals surface area contributed by atoms with Gasteiger partial charge in [-0.3, -0.25) is 15.0 Å². The molecule has 0 aliphatic heterocycles. The second-order valence-corrected chi connectivity index (χ2v) is 14.2. The van der Waals surface area contributed by atoms with E-state index in [9.17, 15) is 4.79 Å². The Hall–Kier alpha value is -4.19. The number of urea groups is 1. The number of aromatic amines is 1. The van der Waals surface area contributed by atoms with Gasteiger partial charge in [0, 0.05) is 48.3 Å². The first-order chi connectivity index (χ1) is 21.3. The number of carbonyl (C=O) groups is 1. The molecule has 0 spiro atoms. The van der Waals surface area contributed by atoms with Gasteiger partial charge in [-0.05, 0) is 43.4 Å². The van der Waals surface area contributed by atoms with Crippen LogP contribution in [0.5, 0.6) is 0 Å². The lowest BCUT2D eigenvalue weighted by molar-refractivity contribution is 0.235. The molecular weight excluding hydrogens is 590 g/mol. The number of aromatic nitrogens is 8. The highest BCUT2D eigenvalue weighted by Crippen LogP contribution is 2.35. The SMILES string of the molecule is Cc1ncc(-c2cnc(N(C(=O)NCC(C)(C)C)C3CCC(Nc4ncc(C(C)(C)C)c(-c5[nH]ncc5Cl)n4)CC3)cn2)cn1. The number of anilines is 2. The van der Waals surface area contributed by atoms with E-state index in [1.807, 2.05) is 13.1 Å². The number of hydrogen-bond donors (Lipinski definition) is 3. The summed E-state index contributed by atoms with van der Waals surface area (Å²) >= 11 is 6.43. The molecule has 0 saturated heterocycles. The second kappa shape index (κ2) is 13.0. The van der Waals surface area contributed by atoms with Crippen molar-refractivity contribution < 1.29 is 4.79 Å². The summed E-state index contributed by atoms with van der Waals surface area (Å²) in [7, 11) is 0. The summed E-state index contributed by atoms with van der Waals surface area (Å²) < 4.78 is 0. The first-order valence-electron chi connectivity index (χ1n) is 15.3. The molecule has 4 aromatic rings. The fraction of sp³-hybridized carbons (Fsp3) is 0.500. The quantitative estimate of drug-likeness (QED) is 0.212. The Kier molecular flexibility index (Phi) is 9.33. The molecule has 0 bridgehead atoms. The molecule has 3 N–H and O–H groups in total. The molecule has 1 fully saturated rings. The number of rotatable bonds is 7. The Balaban J connectivity index is 1.32. The van der Waals surface area contributed by atoms with Crippen molar-refractivity contribution in [3.63, 3.8) is 0 Å². The monoisotopic (exact) mass is 631 g/mol. The number of hydrogen-bond acceptors (Lipinski definition) is 9. The fourth-order valence-corrected chi connectivity index (χ4v) is 5.47. The molecule has 0 unspecified atom stereocenters. The van der Waals surface area contributed by atoms with E-state index >= 15 is 0 Å². The summed E-state index contributed by atoms with van der Waals surface area (Å²) in [5.74, 6) is 1.73. The maximum absolute atomic E-state index is 13.6. The number of carbonyl (C=O) groups excluding carboxylic acids is 1. The van der Waals surface area contributed by atoms with Crippen LogP contribution in [0.2, 0.25) is 5.02 Å². The zero-order valence-electron chi connectivity index (χ0n) is 27.0. The van der Waals surface area contributed by atoms with Crippen LogP contribution in [0.1, 0.15) is 78.6 Å². The van der Waals surface area contributed by atoms with Crippen LogP contribution in [0.4, 0.5) is 16.6 Å². The van der Waals surface area contributed by atoms with Gasteiger partial charge in [0.15, 0.2) is 5.82 Å². The van der Waals surface area contributed by atoms with Crippen LogP contribution in [0, 0.1) is 12.3 Å². The van der Waals surface area contributed by atoms with Gasteiger partial charge < -0.3 is 10.6 Å². The van der Waals surface area contributed by atoms with E-state index in [1.54, 1.807) is 35.9 Å². The Morgan fingerprint density at radius 1 is 0.933 bits per heavy atom. The highest BCUT2D eigenvalue weighted by atomic mass is 35.5. The number of aryl methyl sites for hydroxylation is 1. The van der Waals surface area contributed by atoms with E-state index in [0.29, 0.717) is 40.5 Å². The van der Waals surface area contributed by atoms with Crippen molar-refractivity contribution in [3.8, 4) is 22.6 Å². The van der Waals surface area contributed by atoms with Gasteiger partial charge in [-0.15, -0.1) is 0 Å². The zero-order valence-corrected chi connectivity index (χ0v) is 27.8. The summed E-state index contributed by atoms with van der Waals surface area (Å²) in [4.78, 5) is 42.7. The summed E-state index contributed by atoms with van der Waals surface area (Å²) in [6.07, 6.45) is 13.4. The Morgan fingerprint density at radius 3 is 2.22 bits per heavy atom. The van der Waals surface area contributed by atoms with Gasteiger partial charge in [0.1, 0.15) is 11.5 Å². The third kappa shape index (κ3) is 7.91. The van der Waals surface area contributed by atoms with Crippen LogP contribution < -0.4 is 15.5 Å². The zero-order chi connectivity index (χ0) is 32.4. The third-order valence-corrected chi connectivity index (χ3v) is 8.06. The number of H-pyrrole nitrogens is 1.